The zero-order chi connectivity index (χ0) is 18.6. The van der Waals surface area contributed by atoms with E-state index in [1.807, 2.05) is 24.3 Å². The molecule has 3 rings (SSSR count). The summed E-state index contributed by atoms with van der Waals surface area (Å²) in [5, 5.41) is 3.48. The van der Waals surface area contributed by atoms with Crippen LogP contribution in [0.15, 0.2) is 24.3 Å². The molecular formula is C18H26ClN3O3S. The molecule has 26 heavy (non-hydrogen) atoms. The van der Waals surface area contributed by atoms with Crippen LogP contribution in [-0.2, 0) is 14.8 Å². The minimum atomic E-state index is -3.34. The Morgan fingerprint density at radius 3 is 2.31 bits per heavy atom. The summed E-state index contributed by atoms with van der Waals surface area (Å²) < 4.78 is 26.6. The lowest BCUT2D eigenvalue weighted by Crippen LogP contribution is -2.50. The first-order valence-corrected chi connectivity index (χ1v) is 11.2. The van der Waals surface area contributed by atoms with Crippen molar-refractivity contribution in [3.05, 3.63) is 29.3 Å². The molecule has 144 valence electrons. The van der Waals surface area contributed by atoms with Crippen LogP contribution >= 0.6 is 11.6 Å². The van der Waals surface area contributed by atoms with E-state index in [-0.39, 0.29) is 24.1 Å². The maximum atomic E-state index is 12.5. The molecule has 1 N–H and O–H groups in total. The molecule has 2 aliphatic rings. The summed E-state index contributed by atoms with van der Waals surface area (Å²) in [5.74, 6) is 0.0396. The van der Waals surface area contributed by atoms with E-state index in [1.165, 1.54) is 4.31 Å². The minimum Gasteiger partial charge on any atom is -0.369 e. The van der Waals surface area contributed by atoms with E-state index in [4.69, 9.17) is 11.6 Å². The van der Waals surface area contributed by atoms with Crippen molar-refractivity contribution in [2.24, 2.45) is 5.92 Å². The number of hydrogen-bond donors (Lipinski definition) is 1. The lowest BCUT2D eigenvalue weighted by atomic mass is 10.1. The third-order valence-corrected chi connectivity index (χ3v) is 7.33. The number of halogens is 1. The average molecular weight is 400 g/mol. The Labute approximate surface area is 160 Å². The monoisotopic (exact) mass is 399 g/mol. The maximum absolute atomic E-state index is 12.5. The zero-order valence-electron chi connectivity index (χ0n) is 14.9. The van der Waals surface area contributed by atoms with Gasteiger partial charge in [-0.3, -0.25) is 4.79 Å². The zero-order valence-corrected chi connectivity index (χ0v) is 16.4. The maximum Gasteiger partial charge on any atom is 0.223 e. The first-order chi connectivity index (χ1) is 12.5. The van der Waals surface area contributed by atoms with E-state index in [0.29, 0.717) is 31.2 Å². The van der Waals surface area contributed by atoms with Gasteiger partial charge in [-0.15, -0.1) is 0 Å². The number of hydrogen-bond acceptors (Lipinski definition) is 4. The predicted octanol–water partition coefficient (Wildman–Crippen LogP) is 2.10. The van der Waals surface area contributed by atoms with Crippen molar-refractivity contribution < 1.29 is 13.2 Å². The summed E-state index contributed by atoms with van der Waals surface area (Å²) in [6.45, 7) is 2.41. The molecule has 6 nitrogen and oxygen atoms in total. The average Bonchev–Trinajstić information content (AvgIpc) is 3.17. The SMILES string of the molecule is O=C(NCCS(=O)(=O)N1CCN(c2ccc(Cl)cc2)CC1)C1CCCC1. The molecule has 8 heteroatoms. The number of nitrogens with one attached hydrogen (secondary N) is 1. The first-order valence-electron chi connectivity index (χ1n) is 9.22. The van der Waals surface area contributed by atoms with Gasteiger partial charge in [-0.25, -0.2) is 8.42 Å². The summed E-state index contributed by atoms with van der Waals surface area (Å²) in [6, 6.07) is 7.58. The summed E-state index contributed by atoms with van der Waals surface area (Å²) >= 11 is 5.91. The molecule has 1 aliphatic carbocycles. The van der Waals surface area contributed by atoms with Crippen molar-refractivity contribution in [2.75, 3.05) is 43.4 Å². The van der Waals surface area contributed by atoms with E-state index in [1.54, 1.807) is 0 Å². The fourth-order valence-electron chi connectivity index (χ4n) is 3.64. The number of rotatable bonds is 6. The van der Waals surface area contributed by atoms with Gasteiger partial charge in [0.15, 0.2) is 0 Å². The van der Waals surface area contributed by atoms with Crippen molar-refractivity contribution in [2.45, 2.75) is 25.7 Å². The summed E-state index contributed by atoms with van der Waals surface area (Å²) in [5.41, 5.74) is 1.05. The Balaban J connectivity index is 1.45. The van der Waals surface area contributed by atoms with Crippen LogP contribution in [0.2, 0.25) is 5.02 Å². The van der Waals surface area contributed by atoms with Gasteiger partial charge in [0.1, 0.15) is 0 Å². The molecule has 0 spiro atoms. The highest BCUT2D eigenvalue weighted by molar-refractivity contribution is 7.89. The second-order valence-electron chi connectivity index (χ2n) is 6.95. The van der Waals surface area contributed by atoms with E-state index in [0.717, 1.165) is 31.4 Å². The van der Waals surface area contributed by atoms with Crippen LogP contribution in [0.25, 0.3) is 0 Å². The Morgan fingerprint density at radius 1 is 1.08 bits per heavy atom. The second-order valence-corrected chi connectivity index (χ2v) is 9.48. The Morgan fingerprint density at radius 2 is 1.69 bits per heavy atom. The number of carbonyl (C=O) groups is 1. The van der Waals surface area contributed by atoms with Crippen molar-refractivity contribution in [1.82, 2.24) is 9.62 Å². The van der Waals surface area contributed by atoms with E-state index >= 15 is 0 Å². The molecule has 1 aliphatic heterocycles. The molecule has 1 aromatic rings. The molecule has 0 bridgehead atoms. The van der Waals surface area contributed by atoms with Crippen molar-refractivity contribution >= 4 is 33.2 Å². The van der Waals surface area contributed by atoms with Crippen molar-refractivity contribution in [3.63, 3.8) is 0 Å². The Hall–Kier alpha value is -1.31. The van der Waals surface area contributed by atoms with Crippen LogP contribution < -0.4 is 10.2 Å². The van der Waals surface area contributed by atoms with Crippen LogP contribution in [0.1, 0.15) is 25.7 Å². The minimum absolute atomic E-state index is 0.00487. The molecule has 1 saturated heterocycles. The van der Waals surface area contributed by atoms with Gasteiger partial charge in [-0.1, -0.05) is 24.4 Å². The highest BCUT2D eigenvalue weighted by Crippen LogP contribution is 2.24. The van der Waals surface area contributed by atoms with Gasteiger partial charge in [0.25, 0.3) is 0 Å². The van der Waals surface area contributed by atoms with Crippen LogP contribution in [-0.4, -0.2) is 57.1 Å². The molecule has 2 fully saturated rings. The van der Waals surface area contributed by atoms with Crippen molar-refractivity contribution in [1.29, 1.82) is 0 Å². The molecule has 0 atom stereocenters. The fourth-order valence-corrected chi connectivity index (χ4v) is 5.10. The third-order valence-electron chi connectivity index (χ3n) is 5.21. The summed E-state index contributed by atoms with van der Waals surface area (Å²) in [4.78, 5) is 14.2. The smallest absolute Gasteiger partial charge is 0.223 e. The van der Waals surface area contributed by atoms with Crippen LogP contribution in [0.5, 0.6) is 0 Å². The molecule has 1 heterocycles. The van der Waals surface area contributed by atoms with E-state index < -0.39 is 10.0 Å². The highest BCUT2D eigenvalue weighted by atomic mass is 35.5. The lowest BCUT2D eigenvalue weighted by molar-refractivity contribution is -0.124. The molecule has 1 amide bonds. The van der Waals surface area contributed by atoms with Gasteiger partial charge in [0.05, 0.1) is 5.75 Å². The highest BCUT2D eigenvalue weighted by Gasteiger charge is 2.28. The second kappa shape index (κ2) is 8.59. The standard InChI is InChI=1S/C18H26ClN3O3S/c19-16-5-7-17(8-6-16)21-10-12-22(13-11-21)26(24,25)14-9-20-18(23)15-3-1-2-4-15/h5-8,15H,1-4,9-14H2,(H,20,23). The quantitative estimate of drug-likeness (QED) is 0.795. The van der Waals surface area contributed by atoms with Gasteiger partial charge in [-0.2, -0.15) is 4.31 Å². The molecule has 0 aromatic heterocycles. The number of piperazine rings is 1. The number of amides is 1. The number of anilines is 1. The molecule has 1 saturated carbocycles. The topological polar surface area (TPSA) is 69.7 Å². The summed E-state index contributed by atoms with van der Waals surface area (Å²) in [6.07, 6.45) is 4.03. The Bertz CT molecular complexity index is 710. The molecule has 0 radical (unpaired) electrons. The lowest BCUT2D eigenvalue weighted by Gasteiger charge is -2.35. The summed E-state index contributed by atoms with van der Waals surface area (Å²) in [7, 11) is -3.34. The van der Waals surface area contributed by atoms with Gasteiger partial charge in [-0.05, 0) is 37.1 Å². The molecule has 1 aromatic carbocycles. The number of carbonyl (C=O) groups excluding carboxylic acids is 1. The van der Waals surface area contributed by atoms with Gasteiger partial charge in [0.2, 0.25) is 15.9 Å². The van der Waals surface area contributed by atoms with E-state index in [9.17, 15) is 13.2 Å². The Kier molecular flexibility index (Phi) is 6.42. The molecule has 0 unspecified atom stereocenters. The number of sulfonamides is 1. The van der Waals surface area contributed by atoms with Gasteiger partial charge < -0.3 is 10.2 Å². The third kappa shape index (κ3) is 4.90. The van der Waals surface area contributed by atoms with Gasteiger partial charge >= 0.3 is 0 Å². The first kappa shape index (κ1) is 19.5. The molecular weight excluding hydrogens is 374 g/mol. The largest absolute Gasteiger partial charge is 0.369 e. The normalized spacial score (nSPS) is 19.7. The van der Waals surface area contributed by atoms with Gasteiger partial charge in [0, 0.05) is 49.4 Å². The van der Waals surface area contributed by atoms with Crippen LogP contribution in [0.3, 0.4) is 0 Å². The number of benzene rings is 1. The van der Waals surface area contributed by atoms with Crippen molar-refractivity contribution in [3.8, 4) is 0 Å². The van der Waals surface area contributed by atoms with E-state index in [2.05, 4.69) is 10.2 Å². The number of nitrogens with zero attached hydrogens (tertiary/aromatic N) is 2. The fraction of sp³-hybridized carbons (Fsp3) is 0.611. The predicted molar refractivity (Wildman–Crippen MR) is 104 cm³/mol. The van der Waals surface area contributed by atoms with Crippen LogP contribution in [0.4, 0.5) is 5.69 Å². The van der Waals surface area contributed by atoms with Crippen LogP contribution in [0, 0.1) is 5.92 Å².